The van der Waals surface area contributed by atoms with Crippen molar-refractivity contribution in [2.45, 2.75) is 20.1 Å². The van der Waals surface area contributed by atoms with Crippen LogP contribution in [-0.2, 0) is 9.47 Å². The molecule has 0 aliphatic carbocycles. The molecule has 3 rings (SSSR count). The van der Waals surface area contributed by atoms with Crippen LogP contribution in [0.15, 0.2) is 36.4 Å². The minimum absolute atomic E-state index is 0.276. The first-order chi connectivity index (χ1) is 13.4. The van der Waals surface area contributed by atoms with E-state index < -0.39 is 12.2 Å². The van der Waals surface area contributed by atoms with Gasteiger partial charge < -0.3 is 24.3 Å². The van der Waals surface area contributed by atoms with Gasteiger partial charge in [0, 0.05) is 11.3 Å². The summed E-state index contributed by atoms with van der Waals surface area (Å²) in [6.07, 6.45) is -0.666. The van der Waals surface area contributed by atoms with E-state index in [9.17, 15) is 9.59 Å². The summed E-state index contributed by atoms with van der Waals surface area (Å²) < 4.78 is 21.2. The van der Waals surface area contributed by atoms with Gasteiger partial charge in [-0.05, 0) is 42.3 Å². The van der Waals surface area contributed by atoms with E-state index in [1.54, 1.807) is 36.4 Å². The summed E-state index contributed by atoms with van der Waals surface area (Å²) in [5.41, 5.74) is 2.15. The fourth-order valence-electron chi connectivity index (χ4n) is 2.89. The van der Waals surface area contributed by atoms with Crippen molar-refractivity contribution in [2.75, 3.05) is 26.1 Å². The molecule has 0 aromatic heterocycles. The van der Waals surface area contributed by atoms with Gasteiger partial charge in [-0.1, -0.05) is 13.8 Å². The van der Waals surface area contributed by atoms with Crippen LogP contribution in [-0.4, -0.2) is 32.8 Å². The highest BCUT2D eigenvalue weighted by atomic mass is 16.6. The fraction of sp³-hybridized carbons (Fsp3) is 0.333. The number of nitrogens with one attached hydrogen (secondary N) is 1. The molecule has 148 valence electrons. The van der Waals surface area contributed by atoms with Crippen molar-refractivity contribution in [1.29, 1.82) is 0 Å². The number of anilines is 1. The second kappa shape index (κ2) is 8.21. The lowest BCUT2D eigenvalue weighted by molar-refractivity contribution is 0.0433. The number of hydrogen-bond acceptors (Lipinski definition) is 7. The summed E-state index contributed by atoms with van der Waals surface area (Å²) in [6, 6.07) is 10.3. The quantitative estimate of drug-likeness (QED) is 0.726. The number of carbonyl (C=O) groups excluding carboxylic acids is 2. The van der Waals surface area contributed by atoms with Crippen LogP contribution in [0.2, 0.25) is 0 Å². The minimum Gasteiger partial charge on any atom is -0.493 e. The molecule has 7 nitrogen and oxygen atoms in total. The van der Waals surface area contributed by atoms with E-state index in [1.165, 1.54) is 14.2 Å². The van der Waals surface area contributed by atoms with Gasteiger partial charge in [0.2, 0.25) is 6.23 Å². The topological polar surface area (TPSA) is 83.1 Å². The van der Waals surface area contributed by atoms with Gasteiger partial charge >= 0.3 is 11.9 Å². The maximum Gasteiger partial charge on any atom is 0.344 e. The normalized spacial score (nSPS) is 15.0. The van der Waals surface area contributed by atoms with Crippen molar-refractivity contribution < 1.29 is 28.5 Å². The Morgan fingerprint density at radius 2 is 1.82 bits per heavy atom. The van der Waals surface area contributed by atoms with Crippen LogP contribution in [0.3, 0.4) is 0 Å². The zero-order chi connectivity index (χ0) is 20.3. The molecule has 1 aliphatic heterocycles. The summed E-state index contributed by atoms with van der Waals surface area (Å²) in [4.78, 5) is 24.3. The van der Waals surface area contributed by atoms with E-state index in [2.05, 4.69) is 5.32 Å². The Hall–Kier alpha value is -3.22. The molecule has 7 heteroatoms. The number of cyclic esters (lactones) is 1. The molecule has 1 unspecified atom stereocenters. The van der Waals surface area contributed by atoms with Gasteiger partial charge in [-0.25, -0.2) is 9.59 Å². The molecule has 1 N–H and O–H groups in total. The number of esters is 2. The fourth-order valence-corrected chi connectivity index (χ4v) is 2.89. The molecule has 0 fully saturated rings. The van der Waals surface area contributed by atoms with E-state index in [-0.39, 0.29) is 11.9 Å². The van der Waals surface area contributed by atoms with Gasteiger partial charge in [-0.15, -0.1) is 0 Å². The van der Waals surface area contributed by atoms with Gasteiger partial charge in [0.15, 0.2) is 11.5 Å². The van der Waals surface area contributed by atoms with Crippen LogP contribution < -0.4 is 14.8 Å². The summed E-state index contributed by atoms with van der Waals surface area (Å²) in [6.45, 7) is 4.33. The zero-order valence-electron chi connectivity index (χ0n) is 16.3. The number of carbonyl (C=O) groups is 2. The van der Waals surface area contributed by atoms with Gasteiger partial charge in [0.1, 0.15) is 5.56 Å². The second-order valence-corrected chi connectivity index (χ2v) is 6.76. The third kappa shape index (κ3) is 3.88. The maximum absolute atomic E-state index is 12.3. The van der Waals surface area contributed by atoms with Crippen molar-refractivity contribution in [3.63, 3.8) is 0 Å². The second-order valence-electron chi connectivity index (χ2n) is 6.76. The molecule has 0 saturated carbocycles. The van der Waals surface area contributed by atoms with E-state index in [4.69, 9.17) is 18.9 Å². The molecule has 1 atom stereocenters. The maximum atomic E-state index is 12.3. The zero-order valence-corrected chi connectivity index (χ0v) is 16.3. The average Bonchev–Trinajstić information content (AvgIpc) is 3.01. The average molecular weight is 385 g/mol. The first kappa shape index (κ1) is 19.5. The smallest absolute Gasteiger partial charge is 0.344 e. The van der Waals surface area contributed by atoms with Gasteiger partial charge in [-0.2, -0.15) is 0 Å². The SMILES string of the molecule is COc1ccc2c(c1OC)C(=O)OC2Nc1ccc(C(=O)OCC(C)C)cc1. The first-order valence-corrected chi connectivity index (χ1v) is 8.94. The number of benzene rings is 2. The highest BCUT2D eigenvalue weighted by Crippen LogP contribution is 2.42. The predicted molar refractivity (Wildman–Crippen MR) is 103 cm³/mol. The van der Waals surface area contributed by atoms with Crippen molar-refractivity contribution in [3.05, 3.63) is 53.1 Å². The Bertz CT molecular complexity index is 875. The summed E-state index contributed by atoms with van der Waals surface area (Å²) in [5.74, 6) is 0.227. The standard InChI is InChI=1S/C21H23NO6/c1-12(2)11-27-20(23)13-5-7-14(8-6-13)22-19-15-9-10-16(25-3)18(26-4)17(15)21(24)28-19/h5-10,12,19,22H,11H2,1-4H3. The van der Waals surface area contributed by atoms with E-state index in [0.29, 0.717) is 40.5 Å². The molecule has 0 amide bonds. The molecule has 0 radical (unpaired) electrons. The van der Waals surface area contributed by atoms with Crippen LogP contribution in [0.1, 0.15) is 46.4 Å². The third-order valence-electron chi connectivity index (χ3n) is 4.26. The Labute approximate surface area is 163 Å². The van der Waals surface area contributed by atoms with Crippen LogP contribution in [0.25, 0.3) is 0 Å². The summed E-state index contributed by atoms with van der Waals surface area (Å²) in [7, 11) is 2.98. The third-order valence-corrected chi connectivity index (χ3v) is 4.26. The molecule has 0 saturated heterocycles. The van der Waals surface area contributed by atoms with Crippen molar-refractivity contribution in [3.8, 4) is 11.5 Å². The van der Waals surface area contributed by atoms with Crippen LogP contribution in [0.5, 0.6) is 11.5 Å². The van der Waals surface area contributed by atoms with Crippen LogP contribution in [0.4, 0.5) is 5.69 Å². The molecular formula is C21H23NO6. The molecule has 1 heterocycles. The lowest BCUT2D eigenvalue weighted by Gasteiger charge is -2.15. The Morgan fingerprint density at radius 3 is 2.43 bits per heavy atom. The monoisotopic (exact) mass is 385 g/mol. The molecule has 2 aromatic carbocycles. The number of methoxy groups -OCH3 is 2. The Kier molecular flexibility index (Phi) is 5.73. The lowest BCUT2D eigenvalue weighted by atomic mass is 10.1. The highest BCUT2D eigenvalue weighted by Gasteiger charge is 2.35. The van der Waals surface area contributed by atoms with Crippen molar-refractivity contribution in [1.82, 2.24) is 0 Å². The highest BCUT2D eigenvalue weighted by molar-refractivity contribution is 5.98. The van der Waals surface area contributed by atoms with E-state index in [1.807, 2.05) is 13.8 Å². The number of rotatable bonds is 7. The minimum atomic E-state index is -0.666. The van der Waals surface area contributed by atoms with Crippen molar-refractivity contribution >= 4 is 17.6 Å². The summed E-state index contributed by atoms with van der Waals surface area (Å²) in [5, 5.41) is 3.14. The molecule has 1 aliphatic rings. The van der Waals surface area contributed by atoms with Crippen molar-refractivity contribution in [2.24, 2.45) is 5.92 Å². The van der Waals surface area contributed by atoms with Crippen LogP contribution in [0, 0.1) is 5.92 Å². The van der Waals surface area contributed by atoms with Gasteiger partial charge in [0.25, 0.3) is 0 Å². The van der Waals surface area contributed by atoms with Crippen LogP contribution >= 0.6 is 0 Å². The number of hydrogen-bond donors (Lipinski definition) is 1. The predicted octanol–water partition coefficient (Wildman–Crippen LogP) is 3.80. The van der Waals surface area contributed by atoms with Gasteiger partial charge in [-0.3, -0.25) is 0 Å². The molecule has 2 aromatic rings. The molecule has 0 bridgehead atoms. The van der Waals surface area contributed by atoms with E-state index in [0.717, 1.165) is 0 Å². The number of ether oxygens (including phenoxy) is 4. The Balaban J connectivity index is 1.76. The van der Waals surface area contributed by atoms with Gasteiger partial charge in [0.05, 0.1) is 26.4 Å². The number of fused-ring (bicyclic) bond motifs is 1. The molecule has 0 spiro atoms. The van der Waals surface area contributed by atoms with E-state index >= 15 is 0 Å². The first-order valence-electron chi connectivity index (χ1n) is 8.94. The largest absolute Gasteiger partial charge is 0.493 e. The Morgan fingerprint density at radius 1 is 1.11 bits per heavy atom. The lowest BCUT2D eigenvalue weighted by Crippen LogP contribution is -2.12. The molecular weight excluding hydrogens is 362 g/mol. The summed E-state index contributed by atoms with van der Waals surface area (Å²) >= 11 is 0. The molecule has 28 heavy (non-hydrogen) atoms.